The van der Waals surface area contributed by atoms with Crippen LogP contribution in [0, 0.1) is 6.92 Å². The molecule has 0 aliphatic carbocycles. The Balaban J connectivity index is 1.65. The topological polar surface area (TPSA) is 76.5 Å². The van der Waals surface area contributed by atoms with Crippen molar-refractivity contribution in [2.24, 2.45) is 7.05 Å². The molecule has 1 N–H and O–H groups in total. The molecule has 2 aromatic rings. The van der Waals surface area contributed by atoms with Gasteiger partial charge in [0.1, 0.15) is 11.6 Å². The lowest BCUT2D eigenvalue weighted by Crippen LogP contribution is -2.40. The quantitative estimate of drug-likeness (QED) is 0.927. The first-order chi connectivity index (χ1) is 11.0. The number of fused-ring (bicyclic) bond motifs is 1. The van der Waals surface area contributed by atoms with Crippen molar-refractivity contribution in [3.63, 3.8) is 0 Å². The maximum Gasteiger partial charge on any atom is 0.265 e. The van der Waals surface area contributed by atoms with Crippen LogP contribution in [0.25, 0.3) is 0 Å². The van der Waals surface area contributed by atoms with Gasteiger partial charge in [-0.1, -0.05) is 12.1 Å². The largest absolute Gasteiger partial charge is 0.482 e. The Morgan fingerprint density at radius 2 is 2.17 bits per heavy atom. The van der Waals surface area contributed by atoms with E-state index in [1.54, 1.807) is 22.7 Å². The molecule has 0 radical (unpaired) electrons. The van der Waals surface area contributed by atoms with E-state index in [2.05, 4.69) is 10.4 Å². The number of carbonyl (C=O) groups excluding carboxylic acids is 2. The summed E-state index contributed by atoms with van der Waals surface area (Å²) in [6.45, 7) is 2.17. The monoisotopic (exact) mass is 314 g/mol. The van der Waals surface area contributed by atoms with Crippen LogP contribution in [0.2, 0.25) is 0 Å². The number of nitrogens with one attached hydrogen (secondary N) is 1. The Bertz CT molecular complexity index is 754. The van der Waals surface area contributed by atoms with Gasteiger partial charge in [0.05, 0.1) is 11.4 Å². The molecule has 3 rings (SSSR count). The van der Waals surface area contributed by atoms with E-state index in [4.69, 9.17) is 4.74 Å². The second kappa shape index (κ2) is 6.12. The summed E-state index contributed by atoms with van der Waals surface area (Å²) in [5.41, 5.74) is 1.54. The second-order valence-electron chi connectivity index (χ2n) is 5.39. The summed E-state index contributed by atoms with van der Waals surface area (Å²) in [7, 11) is 1.77. The third kappa shape index (κ3) is 3.18. The van der Waals surface area contributed by atoms with Crippen LogP contribution >= 0.6 is 0 Å². The summed E-state index contributed by atoms with van der Waals surface area (Å²) in [5.74, 6) is 0.994. The van der Waals surface area contributed by atoms with E-state index in [9.17, 15) is 9.59 Å². The van der Waals surface area contributed by atoms with Gasteiger partial charge in [-0.3, -0.25) is 14.3 Å². The Labute approximate surface area is 133 Å². The molecule has 1 aliphatic heterocycles. The number of amides is 2. The number of hydrogen-bond donors (Lipinski definition) is 1. The van der Waals surface area contributed by atoms with E-state index in [0.29, 0.717) is 23.8 Å². The van der Waals surface area contributed by atoms with Gasteiger partial charge in [0.15, 0.2) is 6.61 Å². The number of carbonyl (C=O) groups is 2. The fourth-order valence-corrected chi connectivity index (χ4v) is 2.55. The minimum Gasteiger partial charge on any atom is -0.482 e. The average Bonchev–Trinajstić information content (AvgIpc) is 2.84. The van der Waals surface area contributed by atoms with Crippen molar-refractivity contribution in [2.75, 3.05) is 23.4 Å². The second-order valence-corrected chi connectivity index (χ2v) is 5.39. The zero-order chi connectivity index (χ0) is 16.4. The molecule has 120 valence electrons. The van der Waals surface area contributed by atoms with Gasteiger partial charge in [-0.2, -0.15) is 5.10 Å². The molecule has 0 atom stereocenters. The van der Waals surface area contributed by atoms with Crippen molar-refractivity contribution >= 4 is 23.3 Å². The fourth-order valence-electron chi connectivity index (χ4n) is 2.55. The Morgan fingerprint density at radius 3 is 2.91 bits per heavy atom. The standard InChI is InChI=1S/C16H18N4O3/c1-11-9-14(19(2)18-11)17-15(21)7-8-20-12-5-3-4-6-13(12)23-10-16(20)22/h3-6,9H,7-8,10H2,1-2H3,(H,17,21). The lowest BCUT2D eigenvalue weighted by molar-refractivity contribution is -0.121. The number of rotatable bonds is 4. The van der Waals surface area contributed by atoms with E-state index in [1.165, 1.54) is 0 Å². The molecule has 23 heavy (non-hydrogen) atoms. The number of aryl methyl sites for hydroxylation is 2. The fraction of sp³-hybridized carbons (Fsp3) is 0.312. The van der Waals surface area contributed by atoms with Crippen molar-refractivity contribution in [3.8, 4) is 5.75 Å². The summed E-state index contributed by atoms with van der Waals surface area (Å²) in [4.78, 5) is 25.7. The molecule has 1 aromatic heterocycles. The number of para-hydroxylation sites is 2. The lowest BCUT2D eigenvalue weighted by atomic mass is 10.2. The Hall–Kier alpha value is -2.83. The van der Waals surface area contributed by atoms with Crippen molar-refractivity contribution in [2.45, 2.75) is 13.3 Å². The van der Waals surface area contributed by atoms with Crippen molar-refractivity contribution in [1.82, 2.24) is 9.78 Å². The summed E-state index contributed by atoms with van der Waals surface area (Å²) in [5, 5.41) is 6.98. The molecule has 1 aliphatic rings. The van der Waals surface area contributed by atoms with Crippen LogP contribution in [0.5, 0.6) is 5.75 Å². The van der Waals surface area contributed by atoms with Gasteiger partial charge in [-0.05, 0) is 19.1 Å². The number of ether oxygens (including phenoxy) is 1. The van der Waals surface area contributed by atoms with E-state index < -0.39 is 0 Å². The molecule has 7 nitrogen and oxygen atoms in total. The molecule has 2 heterocycles. The van der Waals surface area contributed by atoms with Crippen LogP contribution in [0.4, 0.5) is 11.5 Å². The van der Waals surface area contributed by atoms with Gasteiger partial charge in [0, 0.05) is 26.1 Å². The highest BCUT2D eigenvalue weighted by atomic mass is 16.5. The highest BCUT2D eigenvalue weighted by Gasteiger charge is 2.25. The molecule has 0 spiro atoms. The summed E-state index contributed by atoms with van der Waals surface area (Å²) >= 11 is 0. The molecular formula is C16H18N4O3. The first-order valence-electron chi connectivity index (χ1n) is 7.37. The summed E-state index contributed by atoms with van der Waals surface area (Å²) < 4.78 is 7.00. The van der Waals surface area contributed by atoms with E-state index in [1.807, 2.05) is 31.2 Å². The van der Waals surface area contributed by atoms with Crippen LogP contribution in [-0.4, -0.2) is 34.7 Å². The number of aromatic nitrogens is 2. The zero-order valence-electron chi connectivity index (χ0n) is 13.1. The zero-order valence-corrected chi connectivity index (χ0v) is 13.1. The van der Waals surface area contributed by atoms with Crippen LogP contribution in [0.3, 0.4) is 0 Å². The van der Waals surface area contributed by atoms with Gasteiger partial charge in [0.2, 0.25) is 5.91 Å². The molecule has 7 heteroatoms. The van der Waals surface area contributed by atoms with Crippen LogP contribution in [-0.2, 0) is 16.6 Å². The summed E-state index contributed by atoms with van der Waals surface area (Å²) in [6.07, 6.45) is 0.199. The number of hydrogen-bond acceptors (Lipinski definition) is 4. The van der Waals surface area contributed by atoms with Gasteiger partial charge in [-0.15, -0.1) is 0 Å². The molecule has 0 fully saturated rings. The van der Waals surface area contributed by atoms with Crippen molar-refractivity contribution in [3.05, 3.63) is 36.0 Å². The van der Waals surface area contributed by atoms with Gasteiger partial charge in [0.25, 0.3) is 5.91 Å². The molecule has 0 saturated carbocycles. The van der Waals surface area contributed by atoms with Gasteiger partial charge >= 0.3 is 0 Å². The third-order valence-corrected chi connectivity index (χ3v) is 3.64. The van der Waals surface area contributed by atoms with Crippen molar-refractivity contribution < 1.29 is 14.3 Å². The number of benzene rings is 1. The average molecular weight is 314 g/mol. The first-order valence-corrected chi connectivity index (χ1v) is 7.37. The van der Waals surface area contributed by atoms with E-state index in [-0.39, 0.29) is 24.8 Å². The molecular weight excluding hydrogens is 296 g/mol. The lowest BCUT2D eigenvalue weighted by Gasteiger charge is -2.29. The minimum atomic E-state index is -0.162. The SMILES string of the molecule is Cc1cc(NC(=O)CCN2C(=O)COc3ccccc32)n(C)n1. The highest BCUT2D eigenvalue weighted by molar-refractivity contribution is 5.99. The van der Waals surface area contributed by atoms with Crippen LogP contribution in [0.15, 0.2) is 30.3 Å². The number of anilines is 2. The molecule has 0 bridgehead atoms. The molecule has 2 amide bonds. The summed E-state index contributed by atoms with van der Waals surface area (Å²) in [6, 6.07) is 9.12. The molecule has 0 saturated heterocycles. The van der Waals surface area contributed by atoms with Crippen molar-refractivity contribution in [1.29, 1.82) is 0 Å². The van der Waals surface area contributed by atoms with Gasteiger partial charge < -0.3 is 15.0 Å². The molecule has 0 unspecified atom stereocenters. The molecule has 1 aromatic carbocycles. The normalized spacial score (nSPS) is 13.5. The Morgan fingerprint density at radius 1 is 1.39 bits per heavy atom. The first kappa shape index (κ1) is 15.1. The number of nitrogens with zero attached hydrogens (tertiary/aromatic N) is 3. The smallest absolute Gasteiger partial charge is 0.265 e. The van der Waals surface area contributed by atoms with Crippen LogP contribution in [0.1, 0.15) is 12.1 Å². The van der Waals surface area contributed by atoms with E-state index in [0.717, 1.165) is 5.69 Å². The predicted molar refractivity (Wildman–Crippen MR) is 85.5 cm³/mol. The maximum atomic E-state index is 12.1. The third-order valence-electron chi connectivity index (χ3n) is 3.64. The van der Waals surface area contributed by atoms with E-state index >= 15 is 0 Å². The Kier molecular flexibility index (Phi) is 4.01. The highest BCUT2D eigenvalue weighted by Crippen LogP contribution is 2.31. The minimum absolute atomic E-state index is 0.000439. The predicted octanol–water partition coefficient (Wildman–Crippen LogP) is 1.48. The van der Waals surface area contributed by atoms with Gasteiger partial charge in [-0.25, -0.2) is 0 Å². The van der Waals surface area contributed by atoms with Crippen LogP contribution < -0.4 is 15.0 Å². The maximum absolute atomic E-state index is 12.1.